The first-order valence-corrected chi connectivity index (χ1v) is 6.95. The largest absolute Gasteiger partial charge is 0.504 e. The van der Waals surface area contributed by atoms with Gasteiger partial charge in [0.2, 0.25) is 5.75 Å². The van der Waals surface area contributed by atoms with Gasteiger partial charge in [0.25, 0.3) is 0 Å². The van der Waals surface area contributed by atoms with Crippen LogP contribution in [0.5, 0.6) is 11.5 Å². The Morgan fingerprint density at radius 3 is 2.45 bits per heavy atom. The number of piperidine rings is 1. The number of carbonyl (C=O) groups excluding carboxylic acids is 1. The van der Waals surface area contributed by atoms with Crippen LogP contribution in [0.3, 0.4) is 0 Å². The number of rotatable bonds is 5. The summed E-state index contributed by atoms with van der Waals surface area (Å²) in [6, 6.07) is 2.08. The van der Waals surface area contributed by atoms with E-state index in [0.717, 1.165) is 38.1 Å². The van der Waals surface area contributed by atoms with Crippen molar-refractivity contribution >= 4 is 23.9 Å². The molecule has 1 aromatic rings. The average Bonchev–Trinajstić information content (AvgIpc) is 2.48. The molecule has 0 amide bonds. The van der Waals surface area contributed by atoms with E-state index in [4.69, 9.17) is 0 Å². The Kier molecular flexibility index (Phi) is 6.58. The first kappa shape index (κ1) is 18.2. The summed E-state index contributed by atoms with van der Waals surface area (Å²) in [5.41, 5.74) is -0.606. The first-order chi connectivity index (χ1) is 9.99. The van der Waals surface area contributed by atoms with Crippen LogP contribution in [-0.4, -0.2) is 45.5 Å². The predicted octanol–water partition coefficient (Wildman–Crippen LogP) is 2.49. The van der Waals surface area contributed by atoms with Gasteiger partial charge in [-0.1, -0.05) is 6.42 Å². The highest BCUT2D eigenvalue weighted by atomic mass is 35.5. The fraction of sp³-hybridized carbons (Fsp3) is 0.500. The van der Waals surface area contributed by atoms with E-state index in [1.54, 1.807) is 0 Å². The van der Waals surface area contributed by atoms with Gasteiger partial charge in [0.05, 0.1) is 4.92 Å². The number of nitro benzene ring substituents is 1. The van der Waals surface area contributed by atoms with Crippen molar-refractivity contribution in [2.75, 3.05) is 19.6 Å². The van der Waals surface area contributed by atoms with E-state index < -0.39 is 22.1 Å². The lowest BCUT2D eigenvalue weighted by molar-refractivity contribution is -0.386. The Morgan fingerprint density at radius 1 is 1.23 bits per heavy atom. The number of phenols is 2. The Bertz CT molecular complexity index is 558. The molecule has 7 nitrogen and oxygen atoms in total. The average molecular weight is 331 g/mol. The van der Waals surface area contributed by atoms with Crippen molar-refractivity contribution in [3.8, 4) is 11.5 Å². The Balaban J connectivity index is 0.00000242. The molecule has 1 aliphatic rings. The second-order valence-corrected chi connectivity index (χ2v) is 5.20. The normalized spacial score (nSPS) is 15.1. The maximum Gasteiger partial charge on any atom is 0.315 e. The molecular weight excluding hydrogens is 312 g/mol. The Morgan fingerprint density at radius 2 is 1.86 bits per heavy atom. The second kappa shape index (κ2) is 7.95. The van der Waals surface area contributed by atoms with E-state index in [1.807, 2.05) is 0 Å². The van der Waals surface area contributed by atoms with Crippen molar-refractivity contribution in [1.29, 1.82) is 0 Å². The monoisotopic (exact) mass is 330 g/mol. The number of carbonyl (C=O) groups is 1. The lowest BCUT2D eigenvalue weighted by Crippen LogP contribution is -2.31. The molecule has 0 unspecified atom stereocenters. The number of hydrogen-bond acceptors (Lipinski definition) is 6. The van der Waals surface area contributed by atoms with Gasteiger partial charge in [0, 0.05) is 24.6 Å². The van der Waals surface area contributed by atoms with E-state index in [1.165, 1.54) is 6.42 Å². The number of phenolic OH excluding ortho intramolecular Hbond substituents is 2. The quantitative estimate of drug-likeness (QED) is 0.372. The number of likely N-dealkylation sites (tertiary alicyclic amines) is 1. The molecular formula is C14H19ClN2O5. The summed E-state index contributed by atoms with van der Waals surface area (Å²) in [7, 11) is 0. The fourth-order valence-electron chi connectivity index (χ4n) is 2.49. The van der Waals surface area contributed by atoms with Crippen LogP contribution in [0, 0.1) is 10.1 Å². The van der Waals surface area contributed by atoms with Gasteiger partial charge in [0.1, 0.15) is 0 Å². The number of aromatic hydroxyl groups is 2. The molecule has 1 aromatic carbocycles. The molecule has 0 radical (unpaired) electrons. The molecule has 0 bridgehead atoms. The lowest BCUT2D eigenvalue weighted by atomic mass is 10.1. The van der Waals surface area contributed by atoms with Crippen LogP contribution in [0.15, 0.2) is 12.1 Å². The van der Waals surface area contributed by atoms with Crippen molar-refractivity contribution in [2.45, 2.75) is 25.7 Å². The van der Waals surface area contributed by atoms with Gasteiger partial charge < -0.3 is 15.1 Å². The molecule has 22 heavy (non-hydrogen) atoms. The van der Waals surface area contributed by atoms with Gasteiger partial charge in [-0.3, -0.25) is 14.9 Å². The summed E-state index contributed by atoms with van der Waals surface area (Å²) in [6.45, 7) is 2.54. The molecule has 1 saturated heterocycles. The summed E-state index contributed by atoms with van der Waals surface area (Å²) >= 11 is 0. The molecule has 0 aromatic heterocycles. The van der Waals surface area contributed by atoms with Crippen molar-refractivity contribution < 1.29 is 19.9 Å². The zero-order valence-electron chi connectivity index (χ0n) is 12.0. The van der Waals surface area contributed by atoms with Gasteiger partial charge in [-0.2, -0.15) is 0 Å². The highest BCUT2D eigenvalue weighted by Gasteiger charge is 2.22. The summed E-state index contributed by atoms with van der Waals surface area (Å²) in [6.07, 6.45) is 3.70. The van der Waals surface area contributed by atoms with Crippen LogP contribution in [0.4, 0.5) is 5.69 Å². The molecule has 2 rings (SSSR count). The topological polar surface area (TPSA) is 104 Å². The fourth-order valence-corrected chi connectivity index (χ4v) is 2.49. The maximum atomic E-state index is 12.1. The number of nitrogens with zero attached hydrogens (tertiary/aromatic N) is 2. The van der Waals surface area contributed by atoms with E-state index >= 15 is 0 Å². The van der Waals surface area contributed by atoms with Crippen LogP contribution < -0.4 is 0 Å². The Labute approximate surface area is 134 Å². The molecule has 1 aliphatic heterocycles. The SMILES string of the molecule is Cl.O=C(CCN1CCCCC1)c1cc(O)c(O)c([N+](=O)[O-])c1. The van der Waals surface area contributed by atoms with E-state index in [0.29, 0.717) is 6.54 Å². The predicted molar refractivity (Wildman–Crippen MR) is 82.9 cm³/mol. The standard InChI is InChI=1S/C14H18N2O5.ClH/c17-12(4-7-15-5-2-1-3-6-15)10-8-11(16(20)21)14(19)13(18)9-10;/h8-9,18-19H,1-7H2;1H. The number of benzene rings is 1. The molecule has 122 valence electrons. The smallest absolute Gasteiger partial charge is 0.315 e. The summed E-state index contributed by atoms with van der Waals surface area (Å²) < 4.78 is 0. The van der Waals surface area contributed by atoms with Crippen LogP contribution in [0.1, 0.15) is 36.0 Å². The van der Waals surface area contributed by atoms with Crippen LogP contribution in [0.25, 0.3) is 0 Å². The second-order valence-electron chi connectivity index (χ2n) is 5.20. The third-order valence-electron chi connectivity index (χ3n) is 3.69. The Hall–Kier alpha value is -1.86. The minimum Gasteiger partial charge on any atom is -0.504 e. The first-order valence-electron chi connectivity index (χ1n) is 6.95. The zero-order valence-corrected chi connectivity index (χ0v) is 12.8. The number of halogens is 1. The molecule has 1 heterocycles. The van der Waals surface area contributed by atoms with Gasteiger partial charge in [-0.05, 0) is 32.0 Å². The molecule has 0 spiro atoms. The third-order valence-corrected chi connectivity index (χ3v) is 3.69. The summed E-state index contributed by atoms with van der Waals surface area (Å²) in [4.78, 5) is 24.2. The van der Waals surface area contributed by atoms with Crippen LogP contribution in [-0.2, 0) is 0 Å². The third kappa shape index (κ3) is 4.32. The molecule has 2 N–H and O–H groups in total. The molecule has 0 atom stereocenters. The zero-order chi connectivity index (χ0) is 15.4. The van der Waals surface area contributed by atoms with Crippen molar-refractivity contribution in [3.05, 3.63) is 27.8 Å². The maximum absolute atomic E-state index is 12.1. The van der Waals surface area contributed by atoms with Gasteiger partial charge in [-0.15, -0.1) is 12.4 Å². The van der Waals surface area contributed by atoms with Crippen molar-refractivity contribution in [1.82, 2.24) is 4.90 Å². The molecule has 8 heteroatoms. The summed E-state index contributed by atoms with van der Waals surface area (Å²) in [5, 5.41) is 29.6. The number of Topliss-reactive ketones (excluding diaryl/α,β-unsaturated/α-hetero) is 1. The van der Waals surface area contributed by atoms with Gasteiger partial charge in [-0.25, -0.2) is 0 Å². The van der Waals surface area contributed by atoms with E-state index in [2.05, 4.69) is 4.90 Å². The molecule has 0 saturated carbocycles. The minimum atomic E-state index is -0.823. The highest BCUT2D eigenvalue weighted by molar-refractivity contribution is 5.97. The minimum absolute atomic E-state index is 0. The van der Waals surface area contributed by atoms with Gasteiger partial charge in [0.15, 0.2) is 11.5 Å². The van der Waals surface area contributed by atoms with Gasteiger partial charge >= 0.3 is 5.69 Å². The molecule has 1 fully saturated rings. The number of hydrogen-bond donors (Lipinski definition) is 2. The van der Waals surface area contributed by atoms with E-state index in [-0.39, 0.29) is 30.2 Å². The number of nitro groups is 1. The highest BCUT2D eigenvalue weighted by Crippen LogP contribution is 2.36. The van der Waals surface area contributed by atoms with Crippen LogP contribution in [0.2, 0.25) is 0 Å². The van der Waals surface area contributed by atoms with Crippen molar-refractivity contribution in [2.24, 2.45) is 0 Å². The van der Waals surface area contributed by atoms with Crippen LogP contribution >= 0.6 is 12.4 Å². The lowest BCUT2D eigenvalue weighted by Gasteiger charge is -2.25. The van der Waals surface area contributed by atoms with Crippen molar-refractivity contribution in [3.63, 3.8) is 0 Å². The summed E-state index contributed by atoms with van der Waals surface area (Å²) in [5.74, 6) is -1.74. The van der Waals surface area contributed by atoms with E-state index in [9.17, 15) is 25.1 Å². The molecule has 0 aliphatic carbocycles. The number of ketones is 1.